The van der Waals surface area contributed by atoms with Gasteiger partial charge in [0, 0.05) is 37.8 Å². The Balaban J connectivity index is 1.61. The van der Waals surface area contributed by atoms with E-state index in [0.29, 0.717) is 44.2 Å². The van der Waals surface area contributed by atoms with Gasteiger partial charge in [0.2, 0.25) is 0 Å². The number of nitrogens with zero attached hydrogens (tertiary/aromatic N) is 6. The SMILES string of the molecule is CC(C)(C)NC(=O)N1CCN(Cc2nnnn2-c2ccc(F)c(F)c2)CC1. The second kappa shape index (κ2) is 7.55. The molecule has 146 valence electrons. The lowest BCUT2D eigenvalue weighted by molar-refractivity contribution is 0.129. The molecule has 27 heavy (non-hydrogen) atoms. The van der Waals surface area contributed by atoms with Crippen molar-refractivity contribution in [3.63, 3.8) is 0 Å². The largest absolute Gasteiger partial charge is 0.333 e. The maximum absolute atomic E-state index is 13.5. The number of urea groups is 1. The van der Waals surface area contributed by atoms with Crippen molar-refractivity contribution in [1.82, 2.24) is 35.3 Å². The number of hydrogen-bond acceptors (Lipinski definition) is 5. The molecule has 0 atom stereocenters. The number of rotatable bonds is 3. The molecule has 8 nitrogen and oxygen atoms in total. The molecule has 0 unspecified atom stereocenters. The maximum atomic E-state index is 13.5. The Morgan fingerprint density at radius 2 is 1.85 bits per heavy atom. The average Bonchev–Trinajstić information content (AvgIpc) is 3.04. The third-order valence-corrected chi connectivity index (χ3v) is 4.19. The lowest BCUT2D eigenvalue weighted by Gasteiger charge is -2.36. The van der Waals surface area contributed by atoms with Crippen LogP contribution in [0.3, 0.4) is 0 Å². The number of carbonyl (C=O) groups excluding carboxylic acids is 1. The zero-order valence-electron chi connectivity index (χ0n) is 15.6. The number of tetrazole rings is 1. The molecule has 1 fully saturated rings. The summed E-state index contributed by atoms with van der Waals surface area (Å²) in [6.07, 6.45) is 0. The van der Waals surface area contributed by atoms with Crippen molar-refractivity contribution in [3.05, 3.63) is 35.7 Å². The van der Waals surface area contributed by atoms with Gasteiger partial charge in [0.25, 0.3) is 0 Å². The van der Waals surface area contributed by atoms with Crippen LogP contribution in [0.4, 0.5) is 13.6 Å². The number of nitrogens with one attached hydrogen (secondary N) is 1. The van der Waals surface area contributed by atoms with Gasteiger partial charge in [-0.25, -0.2) is 13.6 Å². The molecule has 10 heteroatoms. The van der Waals surface area contributed by atoms with E-state index in [-0.39, 0.29) is 11.6 Å². The van der Waals surface area contributed by atoms with Gasteiger partial charge in [-0.2, -0.15) is 4.68 Å². The highest BCUT2D eigenvalue weighted by Gasteiger charge is 2.25. The van der Waals surface area contributed by atoms with Crippen LogP contribution in [0.2, 0.25) is 0 Å². The minimum Gasteiger partial charge on any atom is -0.333 e. The Morgan fingerprint density at radius 1 is 1.15 bits per heavy atom. The Bertz CT molecular complexity index is 810. The molecule has 0 bridgehead atoms. The Kier molecular flexibility index (Phi) is 5.36. The predicted octanol–water partition coefficient (Wildman–Crippen LogP) is 1.57. The van der Waals surface area contributed by atoms with Gasteiger partial charge in [-0.15, -0.1) is 5.10 Å². The van der Waals surface area contributed by atoms with Gasteiger partial charge in [0.05, 0.1) is 12.2 Å². The minimum atomic E-state index is -0.951. The molecule has 2 heterocycles. The smallest absolute Gasteiger partial charge is 0.317 e. The van der Waals surface area contributed by atoms with Crippen LogP contribution in [0.15, 0.2) is 18.2 Å². The molecule has 1 N–H and O–H groups in total. The summed E-state index contributed by atoms with van der Waals surface area (Å²) in [6, 6.07) is 3.45. The van der Waals surface area contributed by atoms with E-state index in [1.54, 1.807) is 4.90 Å². The van der Waals surface area contributed by atoms with E-state index in [9.17, 15) is 13.6 Å². The number of halogens is 2. The first-order valence-corrected chi connectivity index (χ1v) is 8.75. The van der Waals surface area contributed by atoms with Gasteiger partial charge < -0.3 is 10.2 Å². The molecule has 1 aliphatic rings. The van der Waals surface area contributed by atoms with Crippen molar-refractivity contribution >= 4 is 6.03 Å². The van der Waals surface area contributed by atoms with Crippen molar-refractivity contribution < 1.29 is 13.6 Å². The van der Waals surface area contributed by atoms with Crippen LogP contribution in [-0.2, 0) is 6.54 Å². The fourth-order valence-corrected chi connectivity index (χ4v) is 2.83. The standard InChI is InChI=1S/C17H23F2N7O/c1-17(2,3)20-16(27)25-8-6-24(7-9-25)11-15-21-22-23-26(15)12-4-5-13(18)14(19)10-12/h4-5,10H,6-9,11H2,1-3H3,(H,20,27). The highest BCUT2D eigenvalue weighted by Crippen LogP contribution is 2.15. The van der Waals surface area contributed by atoms with Crippen molar-refractivity contribution in [2.24, 2.45) is 0 Å². The van der Waals surface area contributed by atoms with Crippen molar-refractivity contribution in [2.45, 2.75) is 32.9 Å². The predicted molar refractivity (Wildman–Crippen MR) is 94.2 cm³/mol. The lowest BCUT2D eigenvalue weighted by atomic mass is 10.1. The molecule has 0 spiro atoms. The zero-order chi connectivity index (χ0) is 19.6. The lowest BCUT2D eigenvalue weighted by Crippen LogP contribution is -2.54. The first kappa shape index (κ1) is 19.2. The summed E-state index contributed by atoms with van der Waals surface area (Å²) in [4.78, 5) is 16.1. The number of hydrogen-bond donors (Lipinski definition) is 1. The summed E-state index contributed by atoms with van der Waals surface area (Å²) in [5.74, 6) is -1.35. The van der Waals surface area contributed by atoms with E-state index in [2.05, 4.69) is 25.7 Å². The van der Waals surface area contributed by atoms with Crippen molar-refractivity contribution in [1.29, 1.82) is 0 Å². The number of carbonyl (C=O) groups is 1. The van der Waals surface area contributed by atoms with Crippen molar-refractivity contribution in [3.8, 4) is 5.69 Å². The van der Waals surface area contributed by atoms with Gasteiger partial charge in [-0.05, 0) is 43.3 Å². The Morgan fingerprint density at radius 3 is 2.48 bits per heavy atom. The molecule has 1 saturated heterocycles. The van der Waals surface area contributed by atoms with Gasteiger partial charge >= 0.3 is 6.03 Å². The van der Waals surface area contributed by atoms with Crippen LogP contribution in [0.5, 0.6) is 0 Å². The normalized spacial score (nSPS) is 15.8. The van der Waals surface area contributed by atoms with Crippen LogP contribution in [-0.4, -0.2) is 67.8 Å². The summed E-state index contributed by atoms with van der Waals surface area (Å²) in [5.41, 5.74) is 0.0814. The van der Waals surface area contributed by atoms with Crippen LogP contribution < -0.4 is 5.32 Å². The van der Waals surface area contributed by atoms with E-state index in [4.69, 9.17) is 0 Å². The number of aromatic nitrogens is 4. The Labute approximate surface area is 156 Å². The molecule has 2 aromatic rings. The fourth-order valence-electron chi connectivity index (χ4n) is 2.83. The topological polar surface area (TPSA) is 79.2 Å². The van der Waals surface area contributed by atoms with Crippen LogP contribution in [0.1, 0.15) is 26.6 Å². The van der Waals surface area contributed by atoms with Gasteiger partial charge in [-0.3, -0.25) is 4.90 Å². The van der Waals surface area contributed by atoms with E-state index < -0.39 is 11.6 Å². The molecule has 0 radical (unpaired) electrons. The van der Waals surface area contributed by atoms with E-state index >= 15 is 0 Å². The average molecular weight is 379 g/mol. The van der Waals surface area contributed by atoms with E-state index in [1.807, 2.05) is 20.8 Å². The fraction of sp³-hybridized carbons (Fsp3) is 0.529. The zero-order valence-corrected chi connectivity index (χ0v) is 15.6. The van der Waals surface area contributed by atoms with Gasteiger partial charge in [0.15, 0.2) is 17.5 Å². The first-order chi connectivity index (χ1) is 12.7. The first-order valence-electron chi connectivity index (χ1n) is 8.75. The third-order valence-electron chi connectivity index (χ3n) is 4.19. The van der Waals surface area contributed by atoms with Gasteiger partial charge in [-0.1, -0.05) is 0 Å². The summed E-state index contributed by atoms with van der Waals surface area (Å²) in [6.45, 7) is 8.80. The second-order valence-corrected chi connectivity index (χ2v) is 7.55. The highest BCUT2D eigenvalue weighted by atomic mass is 19.2. The number of piperazine rings is 1. The quantitative estimate of drug-likeness (QED) is 0.876. The molecule has 1 aromatic carbocycles. The summed E-state index contributed by atoms with van der Waals surface area (Å²) >= 11 is 0. The monoisotopic (exact) mass is 379 g/mol. The molecular formula is C17H23F2N7O. The maximum Gasteiger partial charge on any atom is 0.317 e. The molecule has 1 aliphatic heterocycles. The molecule has 0 saturated carbocycles. The Hall–Kier alpha value is -2.62. The highest BCUT2D eigenvalue weighted by molar-refractivity contribution is 5.75. The number of amides is 2. The van der Waals surface area contributed by atoms with E-state index in [1.165, 1.54) is 10.7 Å². The summed E-state index contributed by atoms with van der Waals surface area (Å²) in [7, 11) is 0. The minimum absolute atomic E-state index is 0.0752. The summed E-state index contributed by atoms with van der Waals surface area (Å²) < 4.78 is 28.0. The van der Waals surface area contributed by atoms with Crippen LogP contribution >= 0.6 is 0 Å². The van der Waals surface area contributed by atoms with Crippen molar-refractivity contribution in [2.75, 3.05) is 26.2 Å². The molecule has 1 aromatic heterocycles. The van der Waals surface area contributed by atoms with Gasteiger partial charge in [0.1, 0.15) is 0 Å². The van der Waals surface area contributed by atoms with E-state index in [0.717, 1.165) is 12.1 Å². The molecule has 3 rings (SSSR count). The van der Waals surface area contributed by atoms with Crippen LogP contribution in [0, 0.1) is 11.6 Å². The second-order valence-electron chi connectivity index (χ2n) is 7.55. The number of benzene rings is 1. The molecular weight excluding hydrogens is 356 g/mol. The van der Waals surface area contributed by atoms with Crippen LogP contribution in [0.25, 0.3) is 5.69 Å². The summed E-state index contributed by atoms with van der Waals surface area (Å²) in [5, 5.41) is 14.5. The third kappa shape index (κ3) is 4.76. The molecule has 0 aliphatic carbocycles. The molecule has 2 amide bonds.